The summed E-state index contributed by atoms with van der Waals surface area (Å²) in [6.45, 7) is 0.861. The summed E-state index contributed by atoms with van der Waals surface area (Å²) in [4.78, 5) is 4.50. The van der Waals surface area contributed by atoms with Crippen molar-refractivity contribution in [1.29, 1.82) is 0 Å². The molecule has 1 aromatic carbocycles. The molecule has 1 heterocycles. The zero-order valence-electron chi connectivity index (χ0n) is 14.3. The van der Waals surface area contributed by atoms with Crippen molar-refractivity contribution >= 4 is 14.7 Å². The van der Waals surface area contributed by atoms with Gasteiger partial charge in [-0.15, -0.1) is 0 Å². The van der Waals surface area contributed by atoms with E-state index in [4.69, 9.17) is 4.74 Å². The van der Waals surface area contributed by atoms with Crippen LogP contribution in [0.3, 0.4) is 0 Å². The molecule has 0 saturated heterocycles. The molecule has 0 radical (unpaired) electrons. The Morgan fingerprint density at radius 3 is 2.48 bits per heavy atom. The molecule has 23 heavy (non-hydrogen) atoms. The Balaban J connectivity index is 1.83. The zero-order chi connectivity index (χ0) is 16.3. The van der Waals surface area contributed by atoms with Gasteiger partial charge in [0.1, 0.15) is 0 Å². The van der Waals surface area contributed by atoms with Crippen LogP contribution in [-0.4, -0.2) is 26.2 Å². The summed E-state index contributed by atoms with van der Waals surface area (Å²) in [7, 11) is 0. The fourth-order valence-corrected chi connectivity index (χ4v) is 4.22. The van der Waals surface area contributed by atoms with E-state index in [1.165, 1.54) is 17.2 Å². The number of hydrogen-bond acceptors (Lipinski definition) is 2. The molecule has 0 aliphatic heterocycles. The van der Waals surface area contributed by atoms with Gasteiger partial charge in [0, 0.05) is 0 Å². The van der Waals surface area contributed by atoms with Crippen LogP contribution in [0.25, 0.3) is 0 Å². The molecule has 0 bridgehead atoms. The molecule has 0 saturated carbocycles. The molecule has 1 atom stereocenters. The minimum absolute atomic E-state index is 0.134. The molecule has 0 spiro atoms. The second-order valence-electron chi connectivity index (χ2n) is 6.15. The number of ether oxygens (including phenoxy) is 1. The zero-order valence-corrected chi connectivity index (χ0v) is 16.2. The number of hydrogen-bond donors (Lipinski definition) is 0. The Morgan fingerprint density at radius 2 is 1.78 bits per heavy atom. The molecule has 0 fully saturated rings. The molecule has 2 nitrogen and oxygen atoms in total. The van der Waals surface area contributed by atoms with Gasteiger partial charge in [0.15, 0.2) is 0 Å². The summed E-state index contributed by atoms with van der Waals surface area (Å²) < 4.78 is 6.18. The van der Waals surface area contributed by atoms with Gasteiger partial charge in [-0.1, -0.05) is 0 Å². The van der Waals surface area contributed by atoms with Crippen LogP contribution >= 0.6 is 0 Å². The topological polar surface area (TPSA) is 22.1 Å². The second kappa shape index (κ2) is 10.6. The quantitative estimate of drug-likeness (QED) is 0.416. The first kappa shape index (κ1) is 18.2. The van der Waals surface area contributed by atoms with E-state index in [2.05, 4.69) is 58.9 Å². The molecule has 2 aromatic rings. The molecule has 2 rings (SSSR count). The number of aromatic nitrogens is 1. The molecule has 0 aliphatic carbocycles. The molecule has 124 valence electrons. The van der Waals surface area contributed by atoms with Crippen LogP contribution in [0, 0.1) is 0 Å². The van der Waals surface area contributed by atoms with Gasteiger partial charge < -0.3 is 0 Å². The van der Waals surface area contributed by atoms with E-state index in [9.17, 15) is 0 Å². The van der Waals surface area contributed by atoms with Gasteiger partial charge >= 0.3 is 145 Å². The predicted octanol–water partition coefficient (Wildman–Crippen LogP) is 5.31. The van der Waals surface area contributed by atoms with Crippen LogP contribution in [-0.2, 0) is 11.2 Å². The molecule has 0 N–H and O–H groups in total. The Bertz CT molecular complexity index is 530. The van der Waals surface area contributed by atoms with Crippen molar-refractivity contribution in [3.63, 3.8) is 0 Å². The third-order valence-corrected chi connectivity index (χ3v) is 6.40. The van der Waals surface area contributed by atoms with Crippen LogP contribution in [0.5, 0.6) is 0 Å². The second-order valence-corrected chi connectivity index (χ2v) is 11.6. The molecule has 1 aromatic heterocycles. The van der Waals surface area contributed by atoms with Gasteiger partial charge in [0.2, 0.25) is 0 Å². The Labute approximate surface area is 145 Å². The van der Waals surface area contributed by atoms with E-state index in [1.807, 2.05) is 12.3 Å². The van der Waals surface area contributed by atoms with Crippen LogP contribution in [0.15, 0.2) is 54.7 Å². The van der Waals surface area contributed by atoms with Crippen LogP contribution in [0.2, 0.25) is 16.6 Å². The summed E-state index contributed by atoms with van der Waals surface area (Å²) in [5.41, 5.74) is 7.29. The van der Waals surface area contributed by atoms with Crippen molar-refractivity contribution < 1.29 is 4.74 Å². The number of rotatable bonds is 10. The van der Waals surface area contributed by atoms with Crippen molar-refractivity contribution in [1.82, 2.24) is 4.98 Å². The van der Waals surface area contributed by atoms with E-state index in [1.54, 1.807) is 0 Å². The summed E-state index contributed by atoms with van der Waals surface area (Å²) >= 11 is -0.527. The Kier molecular flexibility index (Phi) is 8.42. The predicted molar refractivity (Wildman–Crippen MR) is 99.2 cm³/mol. The van der Waals surface area contributed by atoms with Crippen LogP contribution < -0.4 is 0 Å². The standard InChI is InChI=1S/C20H28AsNO/c1-21(2)15-9-17-23-20(19-13-6-7-16-22-19)14-8-12-18-10-4-3-5-11-18/h3-7,10-11,13,16,20H,8-9,12,14-15,17H2,1-2H3. The van der Waals surface area contributed by atoms with Crippen molar-refractivity contribution in [2.45, 2.75) is 48.4 Å². The number of benzene rings is 1. The number of nitrogens with zero attached hydrogens (tertiary/aromatic N) is 1. The van der Waals surface area contributed by atoms with E-state index in [-0.39, 0.29) is 6.10 Å². The van der Waals surface area contributed by atoms with Crippen LogP contribution in [0.1, 0.15) is 36.6 Å². The number of aryl methyl sites for hydroxylation is 1. The van der Waals surface area contributed by atoms with Gasteiger partial charge in [-0.25, -0.2) is 0 Å². The summed E-state index contributed by atoms with van der Waals surface area (Å²) in [6, 6.07) is 16.8. The van der Waals surface area contributed by atoms with Gasteiger partial charge in [-0.05, 0) is 0 Å². The molecule has 0 aliphatic rings. The summed E-state index contributed by atoms with van der Waals surface area (Å²) in [5.74, 6) is 0. The average Bonchev–Trinajstić information content (AvgIpc) is 2.58. The van der Waals surface area contributed by atoms with Gasteiger partial charge in [-0.3, -0.25) is 0 Å². The van der Waals surface area contributed by atoms with Gasteiger partial charge in [-0.2, -0.15) is 0 Å². The van der Waals surface area contributed by atoms with Crippen molar-refractivity contribution in [2.75, 3.05) is 6.61 Å². The first-order chi connectivity index (χ1) is 11.3. The summed E-state index contributed by atoms with van der Waals surface area (Å²) in [5, 5.41) is 1.37. The first-order valence-corrected chi connectivity index (χ1v) is 13.5. The third kappa shape index (κ3) is 7.33. The molecular formula is C20H28AsNO. The Hall–Kier alpha value is -1.11. The molecule has 0 amide bonds. The van der Waals surface area contributed by atoms with Gasteiger partial charge in [0.05, 0.1) is 0 Å². The summed E-state index contributed by atoms with van der Waals surface area (Å²) in [6.07, 6.45) is 6.46. The normalized spacial score (nSPS) is 12.5. The maximum absolute atomic E-state index is 6.18. The van der Waals surface area contributed by atoms with Crippen molar-refractivity contribution in [3.05, 3.63) is 66.0 Å². The molecule has 3 heteroatoms. The van der Waals surface area contributed by atoms with E-state index >= 15 is 0 Å². The molecular weight excluding hydrogens is 345 g/mol. The fourth-order valence-electron chi connectivity index (χ4n) is 2.63. The number of pyridine rings is 1. The first-order valence-electron chi connectivity index (χ1n) is 8.47. The van der Waals surface area contributed by atoms with E-state index in [0.29, 0.717) is 0 Å². The fraction of sp³-hybridized carbons (Fsp3) is 0.450. The van der Waals surface area contributed by atoms with Crippen molar-refractivity contribution in [2.24, 2.45) is 0 Å². The maximum atomic E-state index is 6.18. The third-order valence-electron chi connectivity index (χ3n) is 3.86. The monoisotopic (exact) mass is 373 g/mol. The Morgan fingerprint density at radius 1 is 1.00 bits per heavy atom. The van der Waals surface area contributed by atoms with Crippen LogP contribution in [0.4, 0.5) is 0 Å². The van der Waals surface area contributed by atoms with E-state index in [0.717, 1.165) is 31.6 Å². The SMILES string of the molecule is C[As](C)CCCOC(CCCc1ccccc1)c1ccccn1. The van der Waals surface area contributed by atoms with E-state index < -0.39 is 14.7 Å². The van der Waals surface area contributed by atoms with Gasteiger partial charge in [0.25, 0.3) is 0 Å². The average molecular weight is 373 g/mol. The van der Waals surface area contributed by atoms with Crippen molar-refractivity contribution in [3.8, 4) is 0 Å². The molecule has 1 unspecified atom stereocenters. The minimum atomic E-state index is -0.527.